The van der Waals surface area contributed by atoms with Gasteiger partial charge in [-0.15, -0.1) is 0 Å². The van der Waals surface area contributed by atoms with Gasteiger partial charge in [-0.2, -0.15) is 0 Å². The highest BCUT2D eigenvalue weighted by atomic mass is 16.2. The Balaban J connectivity index is 1.55. The third-order valence-corrected chi connectivity index (χ3v) is 4.97. The van der Waals surface area contributed by atoms with E-state index < -0.39 is 0 Å². The lowest BCUT2D eigenvalue weighted by atomic mass is 10.1. The lowest BCUT2D eigenvalue weighted by molar-refractivity contribution is -0.114. The third-order valence-electron chi connectivity index (χ3n) is 4.97. The van der Waals surface area contributed by atoms with Crippen molar-refractivity contribution in [3.8, 4) is 0 Å². The molecule has 0 heterocycles. The van der Waals surface area contributed by atoms with Gasteiger partial charge in [-0.1, -0.05) is 42.5 Å². The van der Waals surface area contributed by atoms with Gasteiger partial charge in [-0.05, 0) is 55.8 Å². The molecule has 0 aromatic heterocycles. The summed E-state index contributed by atoms with van der Waals surface area (Å²) < 4.78 is 0. The van der Waals surface area contributed by atoms with Crippen molar-refractivity contribution in [2.24, 2.45) is 0 Å². The number of carbonyl (C=O) groups is 3. The first-order chi connectivity index (χ1) is 16.0. The third kappa shape index (κ3) is 6.93. The van der Waals surface area contributed by atoms with Crippen LogP contribution in [0.4, 0.5) is 11.4 Å². The zero-order chi connectivity index (χ0) is 23.6. The van der Waals surface area contributed by atoms with Gasteiger partial charge in [0.15, 0.2) is 0 Å². The molecule has 3 aromatic rings. The van der Waals surface area contributed by atoms with Gasteiger partial charge in [0.2, 0.25) is 5.91 Å². The molecule has 0 aliphatic rings. The first-order valence-electron chi connectivity index (χ1n) is 10.8. The number of amides is 3. The van der Waals surface area contributed by atoms with E-state index >= 15 is 0 Å². The fraction of sp³-hybridized carbons (Fsp3) is 0.192. The van der Waals surface area contributed by atoms with E-state index in [0.717, 1.165) is 5.56 Å². The van der Waals surface area contributed by atoms with Crippen molar-refractivity contribution in [2.45, 2.75) is 19.9 Å². The van der Waals surface area contributed by atoms with Crippen molar-refractivity contribution in [3.05, 3.63) is 95.6 Å². The lowest BCUT2D eigenvalue weighted by Gasteiger charge is -2.15. The maximum absolute atomic E-state index is 12.6. The second-order valence-electron chi connectivity index (χ2n) is 7.53. The maximum Gasteiger partial charge on any atom is 0.251 e. The van der Waals surface area contributed by atoms with Gasteiger partial charge in [-0.25, -0.2) is 0 Å². The molecule has 0 bridgehead atoms. The molecule has 0 aliphatic carbocycles. The number of nitrogens with one attached hydrogen (secondary N) is 4. The molecule has 7 heteroatoms. The Morgan fingerprint density at radius 3 is 2.12 bits per heavy atom. The minimum Gasteiger partial charge on any atom is -0.376 e. The molecule has 0 fully saturated rings. The fourth-order valence-corrected chi connectivity index (χ4v) is 3.26. The quantitative estimate of drug-likeness (QED) is 0.401. The Kier molecular flexibility index (Phi) is 8.18. The predicted octanol–water partition coefficient (Wildman–Crippen LogP) is 3.98. The molecule has 3 rings (SSSR count). The van der Waals surface area contributed by atoms with Crippen LogP contribution in [-0.2, 0) is 4.79 Å². The van der Waals surface area contributed by atoms with E-state index in [1.807, 2.05) is 44.2 Å². The summed E-state index contributed by atoms with van der Waals surface area (Å²) >= 11 is 0. The molecule has 3 amide bonds. The smallest absolute Gasteiger partial charge is 0.251 e. The summed E-state index contributed by atoms with van der Waals surface area (Å²) in [5.41, 5.74) is 3.19. The van der Waals surface area contributed by atoms with E-state index in [0.29, 0.717) is 29.0 Å². The molecule has 7 nitrogen and oxygen atoms in total. The number of hydrogen-bond acceptors (Lipinski definition) is 4. The molecule has 170 valence electrons. The highest BCUT2D eigenvalue weighted by Crippen LogP contribution is 2.15. The highest BCUT2D eigenvalue weighted by Gasteiger charge is 2.12. The molecular formula is C26H28N4O3. The van der Waals surface area contributed by atoms with Crippen molar-refractivity contribution in [2.75, 3.05) is 23.7 Å². The van der Waals surface area contributed by atoms with E-state index in [2.05, 4.69) is 21.3 Å². The van der Waals surface area contributed by atoms with E-state index in [4.69, 9.17) is 0 Å². The molecular weight excluding hydrogens is 416 g/mol. The molecule has 0 radical (unpaired) electrons. The molecule has 0 aliphatic heterocycles. The van der Waals surface area contributed by atoms with Crippen LogP contribution in [0.1, 0.15) is 46.2 Å². The average molecular weight is 445 g/mol. The SMILES string of the molecule is CCNC(=O)c1cccc(NC(=O)CNc2cccc(C(=O)NC(C)c3ccccc3)c2)c1. The summed E-state index contributed by atoms with van der Waals surface area (Å²) in [5.74, 6) is -0.652. The zero-order valence-corrected chi connectivity index (χ0v) is 18.7. The minimum absolute atomic E-state index is 0.0108. The Morgan fingerprint density at radius 2 is 1.42 bits per heavy atom. The van der Waals surface area contributed by atoms with Crippen LogP contribution in [0.15, 0.2) is 78.9 Å². The van der Waals surface area contributed by atoms with Crippen molar-refractivity contribution in [1.82, 2.24) is 10.6 Å². The van der Waals surface area contributed by atoms with Crippen molar-refractivity contribution in [3.63, 3.8) is 0 Å². The largest absolute Gasteiger partial charge is 0.376 e. The summed E-state index contributed by atoms with van der Waals surface area (Å²) in [6, 6.07) is 23.3. The monoisotopic (exact) mass is 444 g/mol. The van der Waals surface area contributed by atoms with E-state index in [1.54, 1.807) is 48.5 Å². The van der Waals surface area contributed by atoms with Crippen LogP contribution < -0.4 is 21.3 Å². The maximum atomic E-state index is 12.6. The van der Waals surface area contributed by atoms with Crippen molar-refractivity contribution >= 4 is 29.1 Å². The number of benzene rings is 3. The molecule has 4 N–H and O–H groups in total. The van der Waals surface area contributed by atoms with Gasteiger partial charge >= 0.3 is 0 Å². The summed E-state index contributed by atoms with van der Waals surface area (Å²) in [6.45, 7) is 4.32. The standard InChI is InChI=1S/C26H28N4O3/c1-3-27-25(32)20-11-8-14-23(16-20)30-24(31)17-28-22-13-7-12-21(15-22)26(33)29-18(2)19-9-5-4-6-10-19/h4-16,18,28H,3,17H2,1-2H3,(H,27,32)(H,29,33)(H,30,31). The van der Waals surface area contributed by atoms with E-state index in [9.17, 15) is 14.4 Å². The number of hydrogen-bond donors (Lipinski definition) is 4. The average Bonchev–Trinajstić information content (AvgIpc) is 2.84. The molecule has 1 atom stereocenters. The van der Waals surface area contributed by atoms with Crippen LogP contribution in [0.3, 0.4) is 0 Å². The van der Waals surface area contributed by atoms with Gasteiger partial charge in [0, 0.05) is 29.0 Å². The van der Waals surface area contributed by atoms with Crippen LogP contribution in [-0.4, -0.2) is 30.8 Å². The van der Waals surface area contributed by atoms with Gasteiger partial charge in [0.1, 0.15) is 0 Å². The summed E-state index contributed by atoms with van der Waals surface area (Å²) in [5, 5.41) is 11.5. The summed E-state index contributed by atoms with van der Waals surface area (Å²) in [6.07, 6.45) is 0. The van der Waals surface area contributed by atoms with Crippen LogP contribution >= 0.6 is 0 Å². The van der Waals surface area contributed by atoms with Crippen molar-refractivity contribution < 1.29 is 14.4 Å². The summed E-state index contributed by atoms with van der Waals surface area (Å²) in [4.78, 5) is 37.0. The molecule has 0 saturated carbocycles. The predicted molar refractivity (Wildman–Crippen MR) is 130 cm³/mol. The fourth-order valence-electron chi connectivity index (χ4n) is 3.26. The van der Waals surface area contributed by atoms with Crippen LogP contribution in [0, 0.1) is 0 Å². The number of rotatable bonds is 9. The minimum atomic E-state index is -0.268. The second-order valence-corrected chi connectivity index (χ2v) is 7.53. The normalized spacial score (nSPS) is 11.2. The van der Waals surface area contributed by atoms with E-state index in [1.165, 1.54) is 0 Å². The second kappa shape index (κ2) is 11.5. The molecule has 1 unspecified atom stereocenters. The summed E-state index contributed by atoms with van der Waals surface area (Å²) in [7, 11) is 0. The molecule has 0 saturated heterocycles. The van der Waals surface area contributed by atoms with Gasteiger partial charge < -0.3 is 21.3 Å². The van der Waals surface area contributed by atoms with Crippen LogP contribution in [0.2, 0.25) is 0 Å². The topological polar surface area (TPSA) is 99.3 Å². The molecule has 3 aromatic carbocycles. The Hall–Kier alpha value is -4.13. The zero-order valence-electron chi connectivity index (χ0n) is 18.7. The first kappa shape index (κ1) is 23.5. The Labute approximate surface area is 193 Å². The highest BCUT2D eigenvalue weighted by molar-refractivity contribution is 5.98. The van der Waals surface area contributed by atoms with Gasteiger partial charge in [0.05, 0.1) is 12.6 Å². The molecule has 33 heavy (non-hydrogen) atoms. The first-order valence-corrected chi connectivity index (χ1v) is 10.8. The van der Waals surface area contributed by atoms with Gasteiger partial charge in [-0.3, -0.25) is 14.4 Å². The van der Waals surface area contributed by atoms with Crippen molar-refractivity contribution in [1.29, 1.82) is 0 Å². The van der Waals surface area contributed by atoms with Gasteiger partial charge in [0.25, 0.3) is 11.8 Å². The Morgan fingerprint density at radius 1 is 0.788 bits per heavy atom. The van der Waals surface area contributed by atoms with Crippen LogP contribution in [0.5, 0.6) is 0 Å². The number of anilines is 2. The van der Waals surface area contributed by atoms with E-state index in [-0.39, 0.29) is 30.3 Å². The molecule has 0 spiro atoms. The lowest BCUT2D eigenvalue weighted by Crippen LogP contribution is -2.27. The Bertz CT molecular complexity index is 1120. The number of carbonyl (C=O) groups excluding carboxylic acids is 3. The van der Waals surface area contributed by atoms with Crippen LogP contribution in [0.25, 0.3) is 0 Å².